The maximum absolute atomic E-state index is 13.5. The normalized spacial score (nSPS) is 14.6. The Kier molecular flexibility index (Phi) is 6.61. The topological polar surface area (TPSA) is 103 Å². The number of anilines is 1. The Balaban J connectivity index is 1.53. The number of nitrogen functional groups attached to an aromatic ring is 1. The number of halogens is 2. The molecule has 0 aromatic heterocycles. The monoisotopic (exact) mass is 518 g/mol. The van der Waals surface area contributed by atoms with Gasteiger partial charge in [0.2, 0.25) is 0 Å². The van der Waals surface area contributed by atoms with Crippen molar-refractivity contribution in [2.45, 2.75) is 17.9 Å². The molecule has 5 rings (SSSR count). The van der Waals surface area contributed by atoms with Gasteiger partial charge < -0.3 is 25.1 Å². The highest BCUT2D eigenvalue weighted by Crippen LogP contribution is 2.45. The molecule has 1 aliphatic rings. The Bertz CT molecular complexity index is 1320. The summed E-state index contributed by atoms with van der Waals surface area (Å²) in [5, 5.41) is 13.6. The van der Waals surface area contributed by atoms with Crippen molar-refractivity contribution in [1.29, 1.82) is 0 Å². The molecule has 0 fully saturated rings. The fourth-order valence-corrected chi connectivity index (χ4v) is 4.54. The Morgan fingerprint density at radius 2 is 1.32 bits per heavy atom. The number of carboxylic acids is 1. The van der Waals surface area contributed by atoms with E-state index in [4.69, 9.17) is 10.5 Å². The van der Waals surface area contributed by atoms with Crippen molar-refractivity contribution in [3.05, 3.63) is 120 Å². The van der Waals surface area contributed by atoms with Crippen molar-refractivity contribution in [3.8, 4) is 17.2 Å². The first-order valence-corrected chi connectivity index (χ1v) is 11.8. The summed E-state index contributed by atoms with van der Waals surface area (Å²) in [6, 6.07) is 29.5. The number of alkyl halides is 2. The fourth-order valence-electron chi connectivity index (χ4n) is 4.54. The van der Waals surface area contributed by atoms with Gasteiger partial charge in [-0.15, -0.1) is 8.78 Å². The first-order valence-electron chi connectivity index (χ1n) is 11.8. The van der Waals surface area contributed by atoms with Gasteiger partial charge in [0.1, 0.15) is 18.4 Å². The summed E-state index contributed by atoms with van der Waals surface area (Å²) in [5.41, 5.74) is 7.34. The molecule has 0 bridgehead atoms. The van der Waals surface area contributed by atoms with Gasteiger partial charge in [0.25, 0.3) is 0 Å². The SMILES string of the molecule is Nc1cc2c(cc1OCC(NC(c1ccccc1)(c1ccccc1)c1ccccc1)C(=O)O)OC(F)(F)O2. The van der Waals surface area contributed by atoms with Gasteiger partial charge in [-0.25, -0.2) is 0 Å². The van der Waals surface area contributed by atoms with Crippen LogP contribution in [0.25, 0.3) is 0 Å². The standard InChI is InChI=1S/C29H24F2N2O5/c30-29(31)37-25-16-22(32)24(17-26(25)38-29)36-18-23(27(34)35)33-28(19-10-4-1-5-11-19,20-12-6-2-7-13-20)21-14-8-3-9-15-21/h1-17,23,33H,18,32H2,(H,34,35). The smallest absolute Gasteiger partial charge is 0.489 e. The number of nitrogens with one attached hydrogen (secondary N) is 1. The minimum absolute atomic E-state index is 0.00497. The largest absolute Gasteiger partial charge is 0.586 e. The summed E-state index contributed by atoms with van der Waals surface area (Å²) in [4.78, 5) is 12.5. The van der Waals surface area contributed by atoms with Gasteiger partial charge in [0, 0.05) is 12.1 Å². The Hall–Kier alpha value is -4.63. The molecule has 0 aliphatic carbocycles. The number of hydrogen-bond donors (Lipinski definition) is 3. The number of rotatable bonds is 9. The van der Waals surface area contributed by atoms with E-state index in [1.165, 1.54) is 0 Å². The highest BCUT2D eigenvalue weighted by molar-refractivity contribution is 5.74. The molecular weight excluding hydrogens is 494 g/mol. The summed E-state index contributed by atoms with van der Waals surface area (Å²) in [5.74, 6) is -1.68. The zero-order chi connectivity index (χ0) is 26.8. The van der Waals surface area contributed by atoms with Crippen LogP contribution in [0, 0.1) is 0 Å². The van der Waals surface area contributed by atoms with E-state index >= 15 is 0 Å². The van der Waals surface area contributed by atoms with Crippen LogP contribution in [-0.2, 0) is 10.3 Å². The second-order valence-corrected chi connectivity index (χ2v) is 8.70. The minimum atomic E-state index is -3.82. The lowest BCUT2D eigenvalue weighted by molar-refractivity contribution is -0.286. The molecule has 194 valence electrons. The molecule has 0 amide bonds. The number of carbonyl (C=O) groups is 1. The zero-order valence-corrected chi connectivity index (χ0v) is 20.0. The number of nitrogens with two attached hydrogens (primary N) is 1. The number of aliphatic carboxylic acids is 1. The van der Waals surface area contributed by atoms with Gasteiger partial charge in [-0.3, -0.25) is 10.1 Å². The maximum atomic E-state index is 13.5. The Morgan fingerprint density at radius 1 is 0.868 bits per heavy atom. The van der Waals surface area contributed by atoms with Gasteiger partial charge in [0.05, 0.1) is 11.2 Å². The first-order chi connectivity index (χ1) is 18.3. The van der Waals surface area contributed by atoms with Crippen molar-refractivity contribution in [1.82, 2.24) is 5.32 Å². The molecule has 0 saturated heterocycles. The highest BCUT2D eigenvalue weighted by Gasteiger charge is 2.44. The van der Waals surface area contributed by atoms with Crippen LogP contribution < -0.4 is 25.3 Å². The molecule has 9 heteroatoms. The molecule has 1 unspecified atom stereocenters. The van der Waals surface area contributed by atoms with Crippen LogP contribution in [0.2, 0.25) is 0 Å². The molecule has 1 aliphatic heterocycles. The number of carboxylic acid groups (broad SMARTS) is 1. The molecule has 4 aromatic carbocycles. The van der Waals surface area contributed by atoms with Crippen LogP contribution in [0.1, 0.15) is 16.7 Å². The van der Waals surface area contributed by atoms with Crippen LogP contribution in [0.5, 0.6) is 17.2 Å². The van der Waals surface area contributed by atoms with Crippen LogP contribution >= 0.6 is 0 Å². The summed E-state index contributed by atoms with van der Waals surface area (Å²) < 4.78 is 41.6. The zero-order valence-electron chi connectivity index (χ0n) is 20.0. The van der Waals surface area contributed by atoms with Crippen LogP contribution in [0.15, 0.2) is 103 Å². The van der Waals surface area contributed by atoms with Gasteiger partial charge in [0.15, 0.2) is 11.5 Å². The second kappa shape index (κ2) is 10.0. The molecule has 38 heavy (non-hydrogen) atoms. The van der Waals surface area contributed by atoms with Crippen LogP contribution in [0.4, 0.5) is 14.5 Å². The molecule has 0 spiro atoms. The van der Waals surface area contributed by atoms with Gasteiger partial charge in [-0.1, -0.05) is 91.0 Å². The third-order valence-electron chi connectivity index (χ3n) is 6.25. The van der Waals surface area contributed by atoms with Gasteiger partial charge in [-0.05, 0) is 16.7 Å². The summed E-state index contributed by atoms with van der Waals surface area (Å²) in [6.07, 6.45) is -3.82. The Labute approximate surface area is 217 Å². The van der Waals surface area contributed by atoms with Crippen molar-refractivity contribution in [2.24, 2.45) is 0 Å². The summed E-state index contributed by atoms with van der Waals surface area (Å²) in [6.45, 7) is -0.371. The average Bonchev–Trinajstić information content (AvgIpc) is 3.22. The quantitative estimate of drug-likeness (QED) is 0.212. The van der Waals surface area contributed by atoms with Crippen molar-refractivity contribution < 1.29 is 32.9 Å². The molecule has 4 N–H and O–H groups in total. The van der Waals surface area contributed by atoms with E-state index in [1.807, 2.05) is 91.0 Å². The van der Waals surface area contributed by atoms with Gasteiger partial charge >= 0.3 is 12.3 Å². The lowest BCUT2D eigenvalue weighted by atomic mass is 9.76. The Morgan fingerprint density at radius 3 is 1.76 bits per heavy atom. The molecular formula is C29H24F2N2O5. The molecule has 1 atom stereocenters. The lowest BCUT2D eigenvalue weighted by Crippen LogP contribution is -2.54. The second-order valence-electron chi connectivity index (χ2n) is 8.70. The van der Waals surface area contributed by atoms with Crippen LogP contribution in [0.3, 0.4) is 0 Å². The average molecular weight is 519 g/mol. The third-order valence-corrected chi connectivity index (χ3v) is 6.25. The minimum Gasteiger partial charge on any atom is -0.489 e. The van der Waals surface area contributed by atoms with Crippen LogP contribution in [-0.4, -0.2) is 30.0 Å². The molecule has 0 radical (unpaired) electrons. The first kappa shape index (κ1) is 25.0. The van der Waals surface area contributed by atoms with E-state index < -0.39 is 23.8 Å². The predicted octanol–water partition coefficient (Wildman–Crippen LogP) is 5.00. The van der Waals surface area contributed by atoms with Crippen molar-refractivity contribution >= 4 is 11.7 Å². The van der Waals surface area contributed by atoms with E-state index in [1.54, 1.807) is 0 Å². The molecule has 7 nitrogen and oxygen atoms in total. The molecule has 0 saturated carbocycles. The van der Waals surface area contributed by atoms with Crippen molar-refractivity contribution in [3.63, 3.8) is 0 Å². The highest BCUT2D eigenvalue weighted by atomic mass is 19.3. The van der Waals surface area contributed by atoms with Crippen molar-refractivity contribution in [2.75, 3.05) is 12.3 Å². The number of hydrogen-bond acceptors (Lipinski definition) is 6. The third kappa shape index (κ3) is 4.83. The number of benzene rings is 4. The fraction of sp³-hybridized carbons (Fsp3) is 0.138. The summed E-state index contributed by atoms with van der Waals surface area (Å²) in [7, 11) is 0. The van der Waals surface area contributed by atoms with E-state index in [0.717, 1.165) is 28.8 Å². The summed E-state index contributed by atoms with van der Waals surface area (Å²) >= 11 is 0. The molecule has 1 heterocycles. The van der Waals surface area contributed by atoms with E-state index in [9.17, 15) is 18.7 Å². The van der Waals surface area contributed by atoms with E-state index in [-0.39, 0.29) is 29.5 Å². The van der Waals surface area contributed by atoms with Gasteiger partial charge in [-0.2, -0.15) is 0 Å². The maximum Gasteiger partial charge on any atom is 0.586 e. The van der Waals surface area contributed by atoms with E-state index in [2.05, 4.69) is 14.8 Å². The number of fused-ring (bicyclic) bond motifs is 1. The van der Waals surface area contributed by atoms with E-state index in [0.29, 0.717) is 0 Å². The molecule has 4 aromatic rings. The lowest BCUT2D eigenvalue weighted by Gasteiger charge is -2.39. The number of ether oxygens (including phenoxy) is 3. The predicted molar refractivity (Wildman–Crippen MR) is 136 cm³/mol.